The number of benzene rings is 2. The third-order valence-corrected chi connectivity index (χ3v) is 5.92. The van der Waals surface area contributed by atoms with Crippen LogP contribution in [0, 0.1) is 0 Å². The molecule has 31 heavy (non-hydrogen) atoms. The number of carbonyl (C=O) groups is 1. The average Bonchev–Trinajstić information content (AvgIpc) is 2.68. The fourth-order valence-electron chi connectivity index (χ4n) is 3.16. The number of amides is 1. The monoisotopic (exact) mass is 446 g/mol. The Balaban J connectivity index is 1.91. The summed E-state index contributed by atoms with van der Waals surface area (Å²) in [5.74, 6) is 0.726. The molecule has 0 atom stereocenters. The topological polar surface area (TPSA) is 75.7 Å². The maximum atomic E-state index is 12.4. The second-order valence-electron chi connectivity index (χ2n) is 8.28. The van der Waals surface area contributed by atoms with Gasteiger partial charge in [0.15, 0.2) is 0 Å². The van der Waals surface area contributed by atoms with Gasteiger partial charge in [-0.15, -0.1) is 0 Å². The molecule has 0 aliphatic rings. The minimum absolute atomic E-state index is 0.0354. The van der Waals surface area contributed by atoms with E-state index in [2.05, 4.69) is 43.4 Å². The number of nitrogens with one attached hydrogen (secondary N) is 1. The van der Waals surface area contributed by atoms with Crippen LogP contribution in [0.4, 0.5) is 5.69 Å². The molecule has 1 amide bonds. The largest absolute Gasteiger partial charge is 0.491 e. The van der Waals surface area contributed by atoms with Crippen LogP contribution in [0.5, 0.6) is 5.75 Å². The summed E-state index contributed by atoms with van der Waals surface area (Å²) in [5.41, 5.74) is 2.93. The first-order valence-electron chi connectivity index (χ1n) is 10.7. The maximum absolute atomic E-state index is 12.4. The van der Waals surface area contributed by atoms with Crippen molar-refractivity contribution in [3.05, 3.63) is 59.7 Å². The van der Waals surface area contributed by atoms with Crippen molar-refractivity contribution < 1.29 is 17.9 Å². The molecule has 170 valence electrons. The molecule has 0 aliphatic carbocycles. The lowest BCUT2D eigenvalue weighted by Crippen LogP contribution is -2.40. The van der Waals surface area contributed by atoms with E-state index in [0.29, 0.717) is 23.9 Å². The highest BCUT2D eigenvalue weighted by Gasteiger charge is 2.21. The van der Waals surface area contributed by atoms with Gasteiger partial charge in [-0.05, 0) is 55.9 Å². The smallest absolute Gasteiger partial charge is 0.240 e. The van der Waals surface area contributed by atoms with Crippen molar-refractivity contribution in [3.8, 4) is 5.75 Å². The number of anilines is 1. The molecule has 0 aromatic heterocycles. The van der Waals surface area contributed by atoms with Crippen molar-refractivity contribution >= 4 is 21.6 Å². The Morgan fingerprint density at radius 3 is 2.32 bits per heavy atom. The van der Waals surface area contributed by atoms with Crippen molar-refractivity contribution in [3.63, 3.8) is 0 Å². The molecule has 7 heteroatoms. The molecule has 0 spiro atoms. The zero-order chi connectivity index (χ0) is 23.0. The Bertz CT molecular complexity index is 954. The molecule has 2 aromatic carbocycles. The molecule has 2 aromatic rings. The van der Waals surface area contributed by atoms with E-state index < -0.39 is 10.0 Å². The minimum Gasteiger partial charge on any atom is -0.491 e. The lowest BCUT2D eigenvalue weighted by Gasteiger charge is -2.22. The van der Waals surface area contributed by atoms with Crippen molar-refractivity contribution in [1.82, 2.24) is 5.32 Å². The summed E-state index contributed by atoms with van der Waals surface area (Å²) in [6, 6.07) is 15.3. The van der Waals surface area contributed by atoms with Gasteiger partial charge < -0.3 is 10.1 Å². The van der Waals surface area contributed by atoms with Crippen LogP contribution in [0.15, 0.2) is 48.5 Å². The zero-order valence-electron chi connectivity index (χ0n) is 19.1. The molecule has 0 fully saturated rings. The SMILES string of the molecule is CC(C)Oc1cccc(N(CC(=O)NCCCc2ccc(C(C)C)cc2)S(C)(=O)=O)c1. The standard InChI is InChI=1S/C24H34N2O4S/c1-18(2)21-13-11-20(12-14-21)8-7-15-25-24(27)17-26(31(5,28)29)22-9-6-10-23(16-22)30-19(3)4/h6,9-14,16,18-19H,7-8,15,17H2,1-5H3,(H,25,27). The van der Waals surface area contributed by atoms with Crippen molar-refractivity contribution in [2.75, 3.05) is 23.7 Å². The Labute approximate surface area is 186 Å². The summed E-state index contributed by atoms with van der Waals surface area (Å²) < 4.78 is 31.3. The predicted octanol–water partition coefficient (Wildman–Crippen LogP) is 4.11. The van der Waals surface area contributed by atoms with Gasteiger partial charge in [0.25, 0.3) is 0 Å². The fraction of sp³-hybridized carbons (Fsp3) is 0.458. The van der Waals surface area contributed by atoms with Crippen LogP contribution in [-0.4, -0.2) is 39.8 Å². The molecule has 2 rings (SSSR count). The van der Waals surface area contributed by atoms with Crippen LogP contribution in [0.3, 0.4) is 0 Å². The third-order valence-electron chi connectivity index (χ3n) is 4.78. The first-order chi connectivity index (χ1) is 14.6. The highest BCUT2D eigenvalue weighted by Crippen LogP contribution is 2.24. The summed E-state index contributed by atoms with van der Waals surface area (Å²) in [7, 11) is -3.63. The highest BCUT2D eigenvalue weighted by atomic mass is 32.2. The second kappa shape index (κ2) is 11.2. The van der Waals surface area contributed by atoms with E-state index in [1.54, 1.807) is 24.3 Å². The molecule has 1 N–H and O–H groups in total. The molecule has 0 bridgehead atoms. The van der Waals surface area contributed by atoms with Gasteiger partial charge in [-0.1, -0.05) is 44.2 Å². The fourth-order valence-corrected chi connectivity index (χ4v) is 4.01. The number of rotatable bonds is 11. The second-order valence-corrected chi connectivity index (χ2v) is 10.2. The number of sulfonamides is 1. The molecular weight excluding hydrogens is 412 g/mol. The van der Waals surface area contributed by atoms with Gasteiger partial charge in [0.05, 0.1) is 18.0 Å². The number of hydrogen-bond acceptors (Lipinski definition) is 4. The molecule has 6 nitrogen and oxygen atoms in total. The van der Waals surface area contributed by atoms with Gasteiger partial charge in [0.1, 0.15) is 12.3 Å². The van der Waals surface area contributed by atoms with Crippen LogP contribution < -0.4 is 14.4 Å². The summed E-state index contributed by atoms with van der Waals surface area (Å²) in [6.07, 6.45) is 2.69. The van der Waals surface area contributed by atoms with Gasteiger partial charge in [0, 0.05) is 12.6 Å². The summed E-state index contributed by atoms with van der Waals surface area (Å²) >= 11 is 0. The van der Waals surface area contributed by atoms with Gasteiger partial charge in [-0.25, -0.2) is 8.42 Å². The van der Waals surface area contributed by atoms with E-state index in [1.165, 1.54) is 11.1 Å². The van der Waals surface area contributed by atoms with Crippen LogP contribution in [0.2, 0.25) is 0 Å². The van der Waals surface area contributed by atoms with Crippen LogP contribution in [-0.2, 0) is 21.2 Å². The van der Waals surface area contributed by atoms with Crippen LogP contribution >= 0.6 is 0 Å². The van der Waals surface area contributed by atoms with Crippen molar-refractivity contribution in [1.29, 1.82) is 0 Å². The number of carbonyl (C=O) groups excluding carboxylic acids is 1. The van der Waals surface area contributed by atoms with Crippen LogP contribution in [0.1, 0.15) is 51.2 Å². The maximum Gasteiger partial charge on any atom is 0.240 e. The number of aryl methyl sites for hydroxylation is 1. The van der Waals surface area contributed by atoms with Gasteiger partial charge in [0.2, 0.25) is 15.9 Å². The summed E-state index contributed by atoms with van der Waals surface area (Å²) in [4.78, 5) is 12.4. The Hall–Kier alpha value is -2.54. The van der Waals surface area contributed by atoms with E-state index in [-0.39, 0.29) is 18.6 Å². The Kier molecular flexibility index (Phi) is 8.92. The first-order valence-corrected chi connectivity index (χ1v) is 12.5. The van der Waals surface area contributed by atoms with E-state index >= 15 is 0 Å². The average molecular weight is 447 g/mol. The zero-order valence-corrected chi connectivity index (χ0v) is 19.9. The predicted molar refractivity (Wildman–Crippen MR) is 126 cm³/mol. The van der Waals surface area contributed by atoms with Gasteiger partial charge in [-0.3, -0.25) is 9.10 Å². The third kappa shape index (κ3) is 8.25. The number of hydrogen-bond donors (Lipinski definition) is 1. The highest BCUT2D eigenvalue weighted by molar-refractivity contribution is 7.92. The van der Waals surface area contributed by atoms with E-state index in [9.17, 15) is 13.2 Å². The van der Waals surface area contributed by atoms with Crippen LogP contribution in [0.25, 0.3) is 0 Å². The lowest BCUT2D eigenvalue weighted by atomic mass is 10.0. The molecule has 0 aliphatic heterocycles. The van der Waals surface area contributed by atoms with Crippen molar-refractivity contribution in [2.24, 2.45) is 0 Å². The van der Waals surface area contributed by atoms with Gasteiger partial charge >= 0.3 is 0 Å². The Morgan fingerprint density at radius 2 is 1.74 bits per heavy atom. The molecule has 0 saturated heterocycles. The van der Waals surface area contributed by atoms with E-state index in [4.69, 9.17) is 4.74 Å². The molecule has 0 radical (unpaired) electrons. The molecule has 0 unspecified atom stereocenters. The van der Waals surface area contributed by atoms with E-state index in [1.807, 2.05) is 13.8 Å². The normalized spacial score (nSPS) is 11.6. The van der Waals surface area contributed by atoms with Gasteiger partial charge in [-0.2, -0.15) is 0 Å². The quantitative estimate of drug-likeness (QED) is 0.527. The number of nitrogens with zero attached hydrogens (tertiary/aromatic N) is 1. The molecular formula is C24H34N2O4S. The number of ether oxygens (including phenoxy) is 1. The van der Waals surface area contributed by atoms with E-state index in [0.717, 1.165) is 23.4 Å². The molecule has 0 heterocycles. The Morgan fingerprint density at radius 1 is 1.06 bits per heavy atom. The summed E-state index contributed by atoms with van der Waals surface area (Å²) in [6.45, 7) is 8.34. The lowest BCUT2D eigenvalue weighted by molar-refractivity contribution is -0.119. The minimum atomic E-state index is -3.63. The molecule has 0 saturated carbocycles. The van der Waals surface area contributed by atoms with Crippen molar-refractivity contribution in [2.45, 2.75) is 52.6 Å². The summed E-state index contributed by atoms with van der Waals surface area (Å²) in [5, 5.41) is 2.83. The first kappa shape index (κ1) is 24.7.